The number of fused-ring (bicyclic) bond motifs is 1. The molecule has 2 aromatic carbocycles. The van der Waals surface area contributed by atoms with Crippen molar-refractivity contribution in [3.8, 4) is 11.3 Å². The number of halogens is 4. The standard InChI is InChI=1S/C27H24F4N4O2.CH3NO/c1-26(15-36)21-13-19(35-23(22(21)26)16-7-9-17(28)10-8-16)11-12-33-25(37)20(24(32)27(29,30)31)14-34-18-5-3-2-4-6-18;2-1-3/h2-10,13-14,36H,11-12,15,32H2,1H3,(H,33,37);1H,(H2,2,3)/b24-20+,34-14?;. The van der Waals surface area contributed by atoms with Gasteiger partial charge in [0, 0.05) is 35.9 Å². The van der Waals surface area contributed by atoms with E-state index in [1.54, 1.807) is 48.5 Å². The fraction of sp³-hybridized carbons (Fsp3) is 0.214. The van der Waals surface area contributed by atoms with Crippen LogP contribution in [0.2, 0.25) is 0 Å². The number of aliphatic imine (C=N–C) groups is 1. The van der Waals surface area contributed by atoms with Gasteiger partial charge in [0.15, 0.2) is 0 Å². The monoisotopic (exact) mass is 557 g/mol. The number of hydrogen-bond donors (Lipinski definition) is 4. The Balaban J connectivity index is 0.00000141. The zero-order chi connectivity index (χ0) is 29.5. The van der Waals surface area contributed by atoms with Crippen molar-refractivity contribution in [2.24, 2.45) is 16.5 Å². The molecule has 1 aromatic heterocycles. The molecule has 1 unspecified atom stereocenters. The van der Waals surface area contributed by atoms with E-state index in [4.69, 9.17) is 10.5 Å². The van der Waals surface area contributed by atoms with Crippen LogP contribution in [0.5, 0.6) is 0 Å². The molecule has 8 nitrogen and oxygen atoms in total. The third-order valence-corrected chi connectivity index (χ3v) is 6.20. The number of nitrogens with two attached hydrogens (primary N) is 2. The van der Waals surface area contributed by atoms with Crippen LogP contribution in [0, 0.1) is 5.82 Å². The minimum absolute atomic E-state index is 0.0306. The maximum atomic E-state index is 13.4. The molecule has 0 bridgehead atoms. The van der Waals surface area contributed by atoms with E-state index >= 15 is 0 Å². The van der Waals surface area contributed by atoms with Crippen molar-refractivity contribution < 1.29 is 32.3 Å². The van der Waals surface area contributed by atoms with Crippen molar-refractivity contribution in [2.45, 2.75) is 24.9 Å². The summed E-state index contributed by atoms with van der Waals surface area (Å²) in [5.74, 6) is -1.42. The maximum absolute atomic E-state index is 13.4. The van der Waals surface area contributed by atoms with E-state index in [-0.39, 0.29) is 26.0 Å². The van der Waals surface area contributed by atoms with Crippen LogP contribution >= 0.6 is 0 Å². The van der Waals surface area contributed by atoms with Crippen LogP contribution in [0.1, 0.15) is 23.7 Å². The zero-order valence-electron chi connectivity index (χ0n) is 21.4. The Bertz CT molecular complexity index is 1420. The summed E-state index contributed by atoms with van der Waals surface area (Å²) in [6.45, 7) is 1.70. The molecular formula is C28H27F4N5O3. The van der Waals surface area contributed by atoms with Crippen molar-refractivity contribution in [2.75, 3.05) is 13.2 Å². The molecule has 4 rings (SSSR count). The van der Waals surface area contributed by atoms with Crippen molar-refractivity contribution >= 4 is 24.2 Å². The fourth-order valence-electron chi connectivity index (χ4n) is 4.02. The number of hydrogen-bond acceptors (Lipinski definition) is 6. The van der Waals surface area contributed by atoms with E-state index in [0.29, 0.717) is 22.6 Å². The number of para-hydroxylation sites is 1. The van der Waals surface area contributed by atoms with Gasteiger partial charge in [-0.2, -0.15) is 13.2 Å². The molecule has 3 aromatic rings. The highest BCUT2D eigenvalue weighted by Gasteiger charge is 2.49. The molecule has 6 N–H and O–H groups in total. The molecule has 1 aliphatic carbocycles. The summed E-state index contributed by atoms with van der Waals surface area (Å²) in [5, 5.41) is 12.3. The lowest BCUT2D eigenvalue weighted by molar-refractivity contribution is -0.118. The van der Waals surface area contributed by atoms with E-state index in [9.17, 15) is 27.5 Å². The van der Waals surface area contributed by atoms with Gasteiger partial charge in [-0.3, -0.25) is 19.6 Å². The molecule has 1 aliphatic rings. The number of carbonyl (C=O) groups is 2. The number of nitrogens with one attached hydrogen (secondary N) is 1. The van der Waals surface area contributed by atoms with Crippen LogP contribution in [0.4, 0.5) is 23.2 Å². The number of primary amides is 1. The van der Waals surface area contributed by atoms with Gasteiger partial charge in [-0.05, 0) is 60.5 Å². The molecular weight excluding hydrogens is 530 g/mol. The highest BCUT2D eigenvalue weighted by molar-refractivity contribution is 6.13. The normalized spacial score (nSPS) is 16.4. The van der Waals surface area contributed by atoms with Gasteiger partial charge in [0.1, 0.15) is 11.5 Å². The number of aliphatic hydroxyl groups is 1. The van der Waals surface area contributed by atoms with E-state index in [0.717, 1.165) is 17.3 Å². The highest BCUT2D eigenvalue weighted by atomic mass is 19.4. The van der Waals surface area contributed by atoms with Crippen LogP contribution in [-0.2, 0) is 21.4 Å². The maximum Gasteiger partial charge on any atom is 0.431 e. The van der Waals surface area contributed by atoms with Crippen molar-refractivity contribution in [3.05, 3.63) is 94.6 Å². The fourth-order valence-corrected chi connectivity index (χ4v) is 4.02. The number of aliphatic hydroxyl groups excluding tert-OH is 1. The number of pyridine rings is 1. The number of allylic oxidation sites excluding steroid dienone is 1. The molecule has 12 heteroatoms. The van der Waals surface area contributed by atoms with Crippen LogP contribution < -0.4 is 16.8 Å². The minimum atomic E-state index is -4.92. The van der Waals surface area contributed by atoms with Crippen molar-refractivity contribution in [3.63, 3.8) is 0 Å². The second-order valence-electron chi connectivity index (χ2n) is 8.94. The van der Waals surface area contributed by atoms with E-state index in [1.165, 1.54) is 12.1 Å². The quantitative estimate of drug-likeness (QED) is 0.145. The molecule has 1 heterocycles. The van der Waals surface area contributed by atoms with Crippen molar-refractivity contribution in [1.82, 2.24) is 10.3 Å². The summed E-state index contributed by atoms with van der Waals surface area (Å²) in [6.07, 6.45) is -3.67. The number of nitrogens with zero attached hydrogens (tertiary/aromatic N) is 2. The van der Waals surface area contributed by atoms with E-state index < -0.39 is 34.6 Å². The SMILES string of the molecule is CC1(CO)c2cc(CCNC(=O)/C(C=Nc3ccccc3)=C(/N)C(F)(F)F)nc(-c3ccc(F)cc3)c21.NC=O. The topological polar surface area (TPSA) is 144 Å². The van der Waals surface area contributed by atoms with Crippen LogP contribution in [-0.4, -0.2) is 48.0 Å². The first-order valence-electron chi connectivity index (χ1n) is 12.0. The Kier molecular flexibility index (Phi) is 9.38. The lowest BCUT2D eigenvalue weighted by Gasteiger charge is -2.12. The largest absolute Gasteiger partial charge is 0.431 e. The highest BCUT2D eigenvalue weighted by Crippen LogP contribution is 2.53. The van der Waals surface area contributed by atoms with E-state index in [2.05, 4.69) is 21.0 Å². The zero-order valence-corrected chi connectivity index (χ0v) is 21.4. The molecule has 40 heavy (non-hydrogen) atoms. The lowest BCUT2D eigenvalue weighted by Crippen LogP contribution is -2.33. The molecule has 0 saturated heterocycles. The Morgan fingerprint density at radius 3 is 2.35 bits per heavy atom. The molecule has 0 saturated carbocycles. The number of rotatable bonds is 8. The number of amides is 2. The van der Waals surface area contributed by atoms with Gasteiger partial charge >= 0.3 is 6.18 Å². The molecule has 0 aliphatic heterocycles. The second-order valence-corrected chi connectivity index (χ2v) is 8.94. The van der Waals surface area contributed by atoms with Gasteiger partial charge in [-0.15, -0.1) is 0 Å². The van der Waals surface area contributed by atoms with Gasteiger partial charge in [-0.1, -0.05) is 18.2 Å². The van der Waals surface area contributed by atoms with Crippen LogP contribution in [0.3, 0.4) is 0 Å². The number of alkyl halides is 3. The average Bonchev–Trinajstić information content (AvgIpc) is 3.53. The minimum Gasteiger partial charge on any atom is -0.395 e. The summed E-state index contributed by atoms with van der Waals surface area (Å²) in [4.78, 5) is 29.8. The molecule has 0 fully saturated rings. The van der Waals surface area contributed by atoms with Gasteiger partial charge < -0.3 is 21.9 Å². The summed E-state index contributed by atoms with van der Waals surface area (Å²) in [5.41, 5.74) is 10.4. The number of carbonyl (C=O) groups excluding carboxylic acids is 2. The summed E-state index contributed by atoms with van der Waals surface area (Å²) in [6, 6.07) is 15.8. The van der Waals surface area contributed by atoms with Gasteiger partial charge in [0.25, 0.3) is 5.91 Å². The summed E-state index contributed by atoms with van der Waals surface area (Å²) >= 11 is 0. The van der Waals surface area contributed by atoms with Gasteiger partial charge in [0.05, 0.1) is 23.6 Å². The molecule has 210 valence electrons. The van der Waals surface area contributed by atoms with Crippen molar-refractivity contribution in [1.29, 1.82) is 0 Å². The lowest BCUT2D eigenvalue weighted by atomic mass is 10.0. The average molecular weight is 558 g/mol. The second kappa shape index (κ2) is 12.5. The first kappa shape index (κ1) is 30.0. The third-order valence-electron chi connectivity index (χ3n) is 6.20. The molecule has 1 atom stereocenters. The summed E-state index contributed by atoms with van der Waals surface area (Å²) < 4.78 is 53.3. The Hall–Kier alpha value is -4.58. The third kappa shape index (κ3) is 6.89. The smallest absolute Gasteiger partial charge is 0.395 e. The predicted octanol–water partition coefficient (Wildman–Crippen LogP) is 3.44. The van der Waals surface area contributed by atoms with E-state index in [1.807, 2.05) is 6.92 Å². The summed E-state index contributed by atoms with van der Waals surface area (Å²) in [7, 11) is 0. The van der Waals surface area contributed by atoms with Crippen LogP contribution in [0.25, 0.3) is 11.3 Å². The molecule has 2 amide bonds. The molecule has 0 radical (unpaired) electrons. The van der Waals surface area contributed by atoms with Gasteiger partial charge in [0.2, 0.25) is 6.41 Å². The number of benzene rings is 2. The van der Waals surface area contributed by atoms with Crippen LogP contribution in [0.15, 0.2) is 76.9 Å². The first-order valence-corrected chi connectivity index (χ1v) is 12.0. The first-order chi connectivity index (χ1) is 19.0. The van der Waals surface area contributed by atoms with Gasteiger partial charge in [-0.25, -0.2) is 4.39 Å². The Labute approximate surface area is 227 Å². The number of aromatic nitrogens is 1. The molecule has 0 spiro atoms. The Morgan fingerprint density at radius 2 is 1.77 bits per heavy atom. The predicted molar refractivity (Wildman–Crippen MR) is 142 cm³/mol. The Morgan fingerprint density at radius 1 is 1.15 bits per heavy atom.